The number of anilines is 1. The van der Waals surface area contributed by atoms with Crippen LogP contribution in [0.3, 0.4) is 0 Å². The van der Waals surface area contributed by atoms with E-state index in [4.69, 9.17) is 4.98 Å². The third kappa shape index (κ3) is 3.52. The second kappa shape index (κ2) is 7.50. The Kier molecular flexibility index (Phi) is 4.56. The van der Waals surface area contributed by atoms with E-state index in [-0.39, 0.29) is 6.04 Å². The predicted molar refractivity (Wildman–Crippen MR) is 110 cm³/mol. The zero-order valence-corrected chi connectivity index (χ0v) is 15.7. The van der Waals surface area contributed by atoms with Gasteiger partial charge in [-0.05, 0) is 12.3 Å². The average molecular weight is 373 g/mol. The van der Waals surface area contributed by atoms with Crippen molar-refractivity contribution in [3.05, 3.63) is 36.8 Å². The number of aromatic nitrogens is 5. The first-order chi connectivity index (χ1) is 13.8. The molecule has 1 unspecified atom stereocenters. The van der Waals surface area contributed by atoms with E-state index in [1.165, 1.54) is 38.4 Å². The van der Waals surface area contributed by atoms with Crippen LogP contribution >= 0.6 is 0 Å². The fourth-order valence-electron chi connectivity index (χ4n) is 4.13. The van der Waals surface area contributed by atoms with Gasteiger partial charge in [0, 0.05) is 17.3 Å². The summed E-state index contributed by atoms with van der Waals surface area (Å²) < 4.78 is 0. The molecule has 1 aromatic carbocycles. The van der Waals surface area contributed by atoms with E-state index in [9.17, 15) is 0 Å². The first-order valence-electron chi connectivity index (χ1n) is 9.99. The maximum absolute atomic E-state index is 4.80. The van der Waals surface area contributed by atoms with Gasteiger partial charge in [-0.25, -0.2) is 19.9 Å². The van der Waals surface area contributed by atoms with Crippen LogP contribution in [0.1, 0.15) is 38.5 Å². The third-order valence-electron chi connectivity index (χ3n) is 5.63. The average Bonchev–Trinajstić information content (AvgIpc) is 3.29. The molecule has 7 nitrogen and oxygen atoms in total. The summed E-state index contributed by atoms with van der Waals surface area (Å²) in [6, 6.07) is 8.32. The summed E-state index contributed by atoms with van der Waals surface area (Å²) in [6.07, 6.45) is 13.2. The lowest BCUT2D eigenvalue weighted by Gasteiger charge is -2.27. The number of aromatic amines is 1. The third-order valence-corrected chi connectivity index (χ3v) is 5.63. The van der Waals surface area contributed by atoms with Gasteiger partial charge in [-0.1, -0.05) is 56.4 Å². The fourth-order valence-corrected chi connectivity index (χ4v) is 4.13. The van der Waals surface area contributed by atoms with Crippen LogP contribution in [0.4, 0.5) is 11.6 Å². The van der Waals surface area contributed by atoms with Crippen molar-refractivity contribution in [2.75, 3.05) is 5.32 Å². The second-order valence-corrected chi connectivity index (χ2v) is 7.61. The van der Waals surface area contributed by atoms with Gasteiger partial charge in [-0.3, -0.25) is 5.10 Å². The molecule has 0 spiro atoms. The number of H-pyrrole nitrogens is 1. The Morgan fingerprint density at radius 1 is 0.964 bits per heavy atom. The van der Waals surface area contributed by atoms with E-state index in [1.54, 1.807) is 6.20 Å². The number of hydrogen-bond acceptors (Lipinski definition) is 6. The molecule has 1 aliphatic carbocycles. The molecule has 0 bridgehead atoms. The normalized spacial score (nSPS) is 19.2. The standard InChI is InChI=1S/C21H23N7/c1-2-4-14(5-3-1)10-17-11-22-20-21(26-17)27-18(12-23-20)15-6-8-16(9-7-15)19-24-13-25-28-19/h6-9,11-14,17H,1-5,10H2,(H,26,27)(H,24,25,28). The Hall–Kier alpha value is -3.09. The minimum absolute atomic E-state index is 0.244. The van der Waals surface area contributed by atoms with Gasteiger partial charge in [0.1, 0.15) is 6.33 Å². The first kappa shape index (κ1) is 17.0. The summed E-state index contributed by atoms with van der Waals surface area (Å²) in [5.74, 6) is 2.99. The molecule has 1 fully saturated rings. The van der Waals surface area contributed by atoms with Crippen LogP contribution in [0, 0.1) is 5.92 Å². The van der Waals surface area contributed by atoms with Gasteiger partial charge in [0.05, 0.1) is 17.9 Å². The molecule has 1 saturated carbocycles. The highest BCUT2D eigenvalue weighted by Gasteiger charge is 2.22. The molecule has 142 valence electrons. The highest BCUT2D eigenvalue weighted by Crippen LogP contribution is 2.32. The smallest absolute Gasteiger partial charge is 0.195 e. The number of aliphatic imine (C=N–C) groups is 1. The van der Waals surface area contributed by atoms with Crippen LogP contribution in [0.25, 0.3) is 22.6 Å². The Labute approximate surface area is 163 Å². The molecule has 1 atom stereocenters. The first-order valence-corrected chi connectivity index (χ1v) is 9.99. The molecule has 2 aliphatic rings. The zero-order chi connectivity index (χ0) is 18.8. The van der Waals surface area contributed by atoms with E-state index >= 15 is 0 Å². The summed E-state index contributed by atoms with van der Waals surface area (Å²) in [5.41, 5.74) is 2.84. The van der Waals surface area contributed by atoms with Gasteiger partial charge in [-0.2, -0.15) is 5.10 Å². The van der Waals surface area contributed by atoms with Crippen LogP contribution in [0.5, 0.6) is 0 Å². The van der Waals surface area contributed by atoms with Crippen molar-refractivity contribution >= 4 is 17.9 Å². The molecule has 1 aliphatic heterocycles. The highest BCUT2D eigenvalue weighted by atomic mass is 15.2. The quantitative estimate of drug-likeness (QED) is 0.707. The van der Waals surface area contributed by atoms with Gasteiger partial charge >= 0.3 is 0 Å². The Morgan fingerprint density at radius 2 is 1.79 bits per heavy atom. The molecule has 0 amide bonds. The molecule has 3 heterocycles. The van der Waals surface area contributed by atoms with Crippen LogP contribution < -0.4 is 5.32 Å². The minimum atomic E-state index is 0.244. The molecule has 28 heavy (non-hydrogen) atoms. The van der Waals surface area contributed by atoms with E-state index in [0.29, 0.717) is 5.82 Å². The molecule has 2 aromatic heterocycles. The number of benzene rings is 1. The molecular weight excluding hydrogens is 350 g/mol. The summed E-state index contributed by atoms with van der Waals surface area (Å²) >= 11 is 0. The lowest BCUT2D eigenvalue weighted by atomic mass is 9.85. The van der Waals surface area contributed by atoms with Crippen LogP contribution in [-0.4, -0.2) is 37.4 Å². The van der Waals surface area contributed by atoms with Crippen LogP contribution in [-0.2, 0) is 0 Å². The molecule has 0 radical (unpaired) electrons. The summed E-state index contributed by atoms with van der Waals surface area (Å²) in [6.45, 7) is 0. The monoisotopic (exact) mass is 373 g/mol. The van der Waals surface area contributed by atoms with Crippen molar-refractivity contribution in [2.24, 2.45) is 10.9 Å². The van der Waals surface area contributed by atoms with Crippen molar-refractivity contribution in [3.8, 4) is 22.6 Å². The van der Waals surface area contributed by atoms with Gasteiger partial charge in [-0.15, -0.1) is 0 Å². The van der Waals surface area contributed by atoms with E-state index in [1.807, 2.05) is 30.5 Å². The van der Waals surface area contributed by atoms with Gasteiger partial charge < -0.3 is 5.32 Å². The molecule has 0 saturated heterocycles. The summed E-state index contributed by atoms with van der Waals surface area (Å²) in [5, 5.41) is 10.3. The van der Waals surface area contributed by atoms with Crippen LogP contribution in [0.2, 0.25) is 0 Å². The van der Waals surface area contributed by atoms with Crippen molar-refractivity contribution < 1.29 is 0 Å². The number of nitrogens with zero attached hydrogens (tertiary/aromatic N) is 5. The molecule has 2 N–H and O–H groups in total. The van der Waals surface area contributed by atoms with Gasteiger partial charge in [0.25, 0.3) is 0 Å². The fraction of sp³-hybridized carbons (Fsp3) is 0.381. The van der Waals surface area contributed by atoms with Crippen LogP contribution in [0.15, 0.2) is 41.8 Å². The van der Waals surface area contributed by atoms with Crippen molar-refractivity contribution in [3.63, 3.8) is 0 Å². The minimum Gasteiger partial charge on any atom is -0.359 e. The Balaban J connectivity index is 1.33. The molecule has 5 rings (SSSR count). The summed E-state index contributed by atoms with van der Waals surface area (Å²) in [4.78, 5) is 18.0. The number of rotatable bonds is 4. The second-order valence-electron chi connectivity index (χ2n) is 7.61. The van der Waals surface area contributed by atoms with E-state index < -0.39 is 0 Å². The molecule has 7 heteroatoms. The maximum Gasteiger partial charge on any atom is 0.195 e. The van der Waals surface area contributed by atoms with Crippen molar-refractivity contribution in [2.45, 2.75) is 44.6 Å². The van der Waals surface area contributed by atoms with E-state index in [2.05, 4.69) is 30.5 Å². The predicted octanol–water partition coefficient (Wildman–Crippen LogP) is 4.40. The van der Waals surface area contributed by atoms with Crippen molar-refractivity contribution in [1.29, 1.82) is 0 Å². The lowest BCUT2D eigenvalue weighted by Crippen LogP contribution is -2.28. The SMILES string of the molecule is C1=Nc2ncc(-c3ccc(-c4ncn[nH]4)cc3)nc2NC1CC1CCCCC1. The molecule has 3 aromatic rings. The highest BCUT2D eigenvalue weighted by molar-refractivity contribution is 5.80. The Morgan fingerprint density at radius 3 is 2.57 bits per heavy atom. The van der Waals surface area contributed by atoms with E-state index in [0.717, 1.165) is 40.8 Å². The van der Waals surface area contributed by atoms with Crippen molar-refractivity contribution in [1.82, 2.24) is 25.1 Å². The maximum atomic E-state index is 4.80. The number of hydrogen-bond donors (Lipinski definition) is 2. The zero-order valence-electron chi connectivity index (χ0n) is 15.7. The lowest BCUT2D eigenvalue weighted by molar-refractivity contribution is 0.337. The number of nitrogens with one attached hydrogen (secondary N) is 2. The Bertz CT molecular complexity index is 957. The summed E-state index contributed by atoms with van der Waals surface area (Å²) in [7, 11) is 0. The molecular formula is C21H23N7. The van der Waals surface area contributed by atoms with Gasteiger partial charge in [0.15, 0.2) is 17.5 Å². The topological polar surface area (TPSA) is 91.7 Å². The largest absolute Gasteiger partial charge is 0.359 e. The number of fused-ring (bicyclic) bond motifs is 1. The van der Waals surface area contributed by atoms with Gasteiger partial charge in [0.2, 0.25) is 0 Å².